The van der Waals surface area contributed by atoms with Crippen LogP contribution in [0.1, 0.15) is 0 Å². The highest BCUT2D eigenvalue weighted by atomic mass is 35.5. The maximum atomic E-state index is 6.35. The SMILES string of the molecule is Clc1ccc2sc3cccc(-c4nc(-c5ccccc5)nc(-c5ccccc5)n4)c3c2c1. The van der Waals surface area contributed by atoms with E-state index >= 15 is 0 Å². The molecule has 0 fully saturated rings. The molecule has 0 unspecified atom stereocenters. The summed E-state index contributed by atoms with van der Waals surface area (Å²) in [6, 6.07) is 32.4. The minimum atomic E-state index is 0.656. The first kappa shape index (κ1) is 19.1. The lowest BCUT2D eigenvalue weighted by Crippen LogP contribution is -2.00. The van der Waals surface area contributed by atoms with Crippen molar-refractivity contribution in [3.8, 4) is 34.2 Å². The smallest absolute Gasteiger partial charge is 0.164 e. The first-order chi connectivity index (χ1) is 15.8. The summed E-state index contributed by atoms with van der Waals surface area (Å²) in [5.41, 5.74) is 2.89. The third-order valence-electron chi connectivity index (χ3n) is 5.40. The Hall–Kier alpha value is -3.60. The van der Waals surface area contributed by atoms with Crippen LogP contribution in [0.25, 0.3) is 54.3 Å². The Kier molecular flexibility index (Phi) is 4.67. The van der Waals surface area contributed by atoms with Crippen LogP contribution in [0.5, 0.6) is 0 Å². The van der Waals surface area contributed by atoms with Crippen LogP contribution in [0.15, 0.2) is 97.1 Å². The Balaban J connectivity index is 1.66. The fourth-order valence-electron chi connectivity index (χ4n) is 3.91. The molecule has 0 atom stereocenters. The van der Waals surface area contributed by atoms with Crippen molar-refractivity contribution in [1.82, 2.24) is 15.0 Å². The molecule has 152 valence electrons. The third kappa shape index (κ3) is 3.34. The summed E-state index contributed by atoms with van der Waals surface area (Å²) in [6.07, 6.45) is 0. The third-order valence-corrected chi connectivity index (χ3v) is 6.77. The van der Waals surface area contributed by atoms with Crippen molar-refractivity contribution in [3.05, 3.63) is 102 Å². The Morgan fingerprint density at radius 1 is 0.562 bits per heavy atom. The first-order valence-corrected chi connectivity index (χ1v) is 11.4. The molecule has 0 spiro atoms. The lowest BCUT2D eigenvalue weighted by molar-refractivity contribution is 1.08. The van der Waals surface area contributed by atoms with Crippen molar-refractivity contribution < 1.29 is 0 Å². The van der Waals surface area contributed by atoms with Crippen LogP contribution in [0.2, 0.25) is 5.02 Å². The zero-order valence-corrected chi connectivity index (χ0v) is 18.4. The van der Waals surface area contributed by atoms with Crippen molar-refractivity contribution in [2.24, 2.45) is 0 Å². The molecule has 0 aliphatic heterocycles. The van der Waals surface area contributed by atoms with Crippen molar-refractivity contribution in [2.75, 3.05) is 0 Å². The molecule has 0 saturated carbocycles. The van der Waals surface area contributed by atoms with E-state index in [9.17, 15) is 0 Å². The van der Waals surface area contributed by atoms with Crippen molar-refractivity contribution in [1.29, 1.82) is 0 Å². The van der Waals surface area contributed by atoms with Crippen LogP contribution in [0, 0.1) is 0 Å². The summed E-state index contributed by atoms with van der Waals surface area (Å²) >= 11 is 8.10. The highest BCUT2D eigenvalue weighted by Gasteiger charge is 2.16. The van der Waals surface area contributed by atoms with Crippen LogP contribution in [-0.2, 0) is 0 Å². The van der Waals surface area contributed by atoms with Gasteiger partial charge >= 0.3 is 0 Å². The highest BCUT2D eigenvalue weighted by Crippen LogP contribution is 2.40. The molecule has 6 aromatic rings. The van der Waals surface area contributed by atoms with E-state index in [-0.39, 0.29) is 0 Å². The van der Waals surface area contributed by atoms with Crippen LogP contribution in [-0.4, -0.2) is 15.0 Å². The summed E-state index contributed by atoms with van der Waals surface area (Å²) in [4.78, 5) is 14.6. The largest absolute Gasteiger partial charge is 0.208 e. The van der Waals surface area contributed by atoms with Gasteiger partial charge in [0.05, 0.1) is 0 Å². The molecule has 3 nitrogen and oxygen atoms in total. The van der Waals surface area contributed by atoms with Gasteiger partial charge < -0.3 is 0 Å². The number of thiophene rings is 1. The van der Waals surface area contributed by atoms with E-state index in [1.807, 2.05) is 72.8 Å². The quantitative estimate of drug-likeness (QED) is 0.275. The molecule has 2 heterocycles. The van der Waals surface area contributed by atoms with E-state index in [0.29, 0.717) is 17.5 Å². The predicted octanol–water partition coefficient (Wildman–Crippen LogP) is 7.89. The van der Waals surface area contributed by atoms with Gasteiger partial charge in [-0.15, -0.1) is 11.3 Å². The van der Waals surface area contributed by atoms with E-state index in [1.165, 1.54) is 9.40 Å². The number of hydrogen-bond acceptors (Lipinski definition) is 4. The lowest BCUT2D eigenvalue weighted by Gasteiger charge is -2.09. The van der Waals surface area contributed by atoms with Gasteiger partial charge in [-0.2, -0.15) is 0 Å². The molecule has 0 bridgehead atoms. The van der Waals surface area contributed by atoms with Gasteiger partial charge in [0, 0.05) is 41.9 Å². The monoisotopic (exact) mass is 449 g/mol. The Morgan fingerprint density at radius 2 is 1.19 bits per heavy atom. The second-order valence-corrected chi connectivity index (χ2v) is 8.98. The van der Waals surface area contributed by atoms with Crippen LogP contribution in [0.3, 0.4) is 0 Å². The predicted molar refractivity (Wildman–Crippen MR) is 134 cm³/mol. The molecule has 0 aliphatic carbocycles. The van der Waals surface area contributed by atoms with Gasteiger partial charge in [0.2, 0.25) is 0 Å². The number of aromatic nitrogens is 3. The van der Waals surface area contributed by atoms with Crippen molar-refractivity contribution in [2.45, 2.75) is 0 Å². The molecule has 2 aromatic heterocycles. The van der Waals surface area contributed by atoms with E-state index in [0.717, 1.165) is 32.5 Å². The van der Waals surface area contributed by atoms with Crippen molar-refractivity contribution >= 4 is 43.1 Å². The van der Waals surface area contributed by atoms with Crippen LogP contribution >= 0.6 is 22.9 Å². The van der Waals surface area contributed by atoms with Gasteiger partial charge in [-0.3, -0.25) is 0 Å². The molecule has 0 N–H and O–H groups in total. The topological polar surface area (TPSA) is 38.7 Å². The molecular formula is C27H16ClN3S. The van der Waals surface area contributed by atoms with Crippen LogP contribution < -0.4 is 0 Å². The van der Waals surface area contributed by atoms with E-state index in [2.05, 4.69) is 24.3 Å². The molecular weight excluding hydrogens is 434 g/mol. The minimum absolute atomic E-state index is 0.656. The number of hydrogen-bond donors (Lipinski definition) is 0. The molecule has 6 rings (SSSR count). The molecule has 5 heteroatoms. The van der Waals surface area contributed by atoms with Gasteiger partial charge in [-0.1, -0.05) is 84.4 Å². The van der Waals surface area contributed by atoms with E-state index in [4.69, 9.17) is 26.6 Å². The second kappa shape index (κ2) is 7.83. The Labute approximate surface area is 194 Å². The average Bonchev–Trinajstić information content (AvgIpc) is 3.23. The summed E-state index contributed by atoms with van der Waals surface area (Å²) in [6.45, 7) is 0. The zero-order valence-electron chi connectivity index (χ0n) is 16.9. The standard InChI is InChI=1S/C27H16ClN3S/c28-19-14-15-22-21(16-19)24-20(12-7-13-23(24)32-22)27-30-25(17-8-3-1-4-9-17)29-26(31-27)18-10-5-2-6-11-18/h1-16H. The van der Waals surface area contributed by atoms with Gasteiger partial charge in [-0.05, 0) is 24.3 Å². The molecule has 0 radical (unpaired) electrons. The Morgan fingerprint density at radius 3 is 1.84 bits per heavy atom. The fraction of sp³-hybridized carbons (Fsp3) is 0. The molecule has 0 aliphatic rings. The summed E-state index contributed by atoms with van der Waals surface area (Å²) < 4.78 is 2.38. The Bertz CT molecular complexity index is 1520. The maximum absolute atomic E-state index is 6.35. The highest BCUT2D eigenvalue weighted by molar-refractivity contribution is 7.25. The fourth-order valence-corrected chi connectivity index (χ4v) is 5.20. The molecule has 4 aromatic carbocycles. The zero-order chi connectivity index (χ0) is 21.5. The second-order valence-electron chi connectivity index (χ2n) is 7.46. The number of rotatable bonds is 3. The number of halogens is 1. The average molecular weight is 450 g/mol. The minimum Gasteiger partial charge on any atom is -0.208 e. The maximum Gasteiger partial charge on any atom is 0.164 e. The first-order valence-electron chi connectivity index (χ1n) is 10.2. The summed E-state index contributed by atoms with van der Waals surface area (Å²) in [5, 5.41) is 2.97. The lowest BCUT2D eigenvalue weighted by atomic mass is 10.1. The summed E-state index contributed by atoms with van der Waals surface area (Å²) in [7, 11) is 0. The number of benzene rings is 4. The number of fused-ring (bicyclic) bond motifs is 3. The summed E-state index contributed by atoms with van der Waals surface area (Å²) in [5.74, 6) is 1.97. The van der Waals surface area contributed by atoms with Gasteiger partial charge in [-0.25, -0.2) is 15.0 Å². The van der Waals surface area contributed by atoms with E-state index < -0.39 is 0 Å². The van der Waals surface area contributed by atoms with Gasteiger partial charge in [0.1, 0.15) is 0 Å². The normalized spacial score (nSPS) is 11.3. The van der Waals surface area contributed by atoms with Crippen LogP contribution in [0.4, 0.5) is 0 Å². The molecule has 0 saturated heterocycles. The van der Waals surface area contributed by atoms with Gasteiger partial charge in [0.25, 0.3) is 0 Å². The van der Waals surface area contributed by atoms with E-state index in [1.54, 1.807) is 11.3 Å². The van der Waals surface area contributed by atoms with Crippen molar-refractivity contribution in [3.63, 3.8) is 0 Å². The molecule has 0 amide bonds. The molecule has 32 heavy (non-hydrogen) atoms. The van der Waals surface area contributed by atoms with Gasteiger partial charge in [0.15, 0.2) is 17.5 Å². The number of nitrogens with zero attached hydrogens (tertiary/aromatic N) is 3.